The van der Waals surface area contributed by atoms with Gasteiger partial charge in [0.05, 0.1) is 11.7 Å². The molecule has 0 bridgehead atoms. The Labute approximate surface area is 127 Å². The summed E-state index contributed by atoms with van der Waals surface area (Å²) in [6, 6.07) is 5.96. The highest BCUT2D eigenvalue weighted by molar-refractivity contribution is 8.00. The number of benzene rings is 1. The molecule has 0 spiro atoms. The second-order valence-corrected chi connectivity index (χ2v) is 6.14. The molecule has 0 radical (unpaired) electrons. The number of halogens is 1. The van der Waals surface area contributed by atoms with E-state index < -0.39 is 11.9 Å². The van der Waals surface area contributed by atoms with Crippen molar-refractivity contribution in [2.24, 2.45) is 5.92 Å². The Morgan fingerprint density at radius 3 is 2.71 bits per heavy atom. The number of aliphatic carboxylic acids is 1. The first-order valence-electron chi connectivity index (χ1n) is 6.97. The van der Waals surface area contributed by atoms with Gasteiger partial charge in [-0.2, -0.15) is 0 Å². The minimum absolute atomic E-state index is 0.0871. The average molecular weight is 311 g/mol. The molecule has 1 aliphatic rings. The van der Waals surface area contributed by atoms with Gasteiger partial charge in [-0.3, -0.25) is 9.59 Å². The van der Waals surface area contributed by atoms with Crippen molar-refractivity contribution in [2.45, 2.75) is 36.6 Å². The number of thioether (sulfide) groups is 1. The van der Waals surface area contributed by atoms with Gasteiger partial charge in [0, 0.05) is 10.9 Å². The van der Waals surface area contributed by atoms with Gasteiger partial charge in [0.25, 0.3) is 0 Å². The van der Waals surface area contributed by atoms with E-state index in [1.807, 2.05) is 0 Å². The molecule has 6 heteroatoms. The van der Waals surface area contributed by atoms with E-state index in [1.165, 1.54) is 6.07 Å². The minimum atomic E-state index is -0.859. The fourth-order valence-corrected chi connectivity index (χ4v) is 3.30. The predicted molar refractivity (Wildman–Crippen MR) is 78.6 cm³/mol. The van der Waals surface area contributed by atoms with Crippen molar-refractivity contribution in [3.05, 3.63) is 30.1 Å². The van der Waals surface area contributed by atoms with Crippen molar-refractivity contribution < 1.29 is 19.1 Å². The third-order valence-corrected chi connectivity index (χ3v) is 4.67. The van der Waals surface area contributed by atoms with Crippen LogP contribution in [0.15, 0.2) is 29.2 Å². The Hall–Kier alpha value is -1.56. The first-order valence-corrected chi connectivity index (χ1v) is 7.96. The van der Waals surface area contributed by atoms with Gasteiger partial charge in [0.15, 0.2) is 0 Å². The van der Waals surface area contributed by atoms with Crippen LogP contribution in [0.25, 0.3) is 0 Å². The standard InChI is InChI=1S/C15H18FNO3S/c16-11-6-2-4-8-13(11)21-9-14(18)17-12-7-3-1-5-10(12)15(19)20/h2,4,6,8,10,12H,1,3,5,7,9H2,(H,17,18)(H,19,20)/t10-,12-/m1/s1. The number of carboxylic acids is 1. The molecule has 1 aromatic rings. The van der Waals surface area contributed by atoms with Gasteiger partial charge in [-0.05, 0) is 25.0 Å². The molecule has 4 nitrogen and oxygen atoms in total. The summed E-state index contributed by atoms with van der Waals surface area (Å²) in [6.45, 7) is 0. The van der Waals surface area contributed by atoms with Crippen LogP contribution < -0.4 is 5.32 Å². The zero-order chi connectivity index (χ0) is 15.2. The van der Waals surface area contributed by atoms with Crippen molar-refractivity contribution in [2.75, 3.05) is 5.75 Å². The van der Waals surface area contributed by atoms with Gasteiger partial charge in [0.2, 0.25) is 5.91 Å². The number of hydrogen-bond acceptors (Lipinski definition) is 3. The maximum Gasteiger partial charge on any atom is 0.308 e. The zero-order valence-electron chi connectivity index (χ0n) is 11.5. The van der Waals surface area contributed by atoms with Crippen molar-refractivity contribution >= 4 is 23.6 Å². The van der Waals surface area contributed by atoms with Crippen LogP contribution >= 0.6 is 11.8 Å². The van der Waals surface area contributed by atoms with Crippen LogP contribution in [0.2, 0.25) is 0 Å². The predicted octanol–water partition coefficient (Wildman–Crippen LogP) is 2.68. The fraction of sp³-hybridized carbons (Fsp3) is 0.467. The van der Waals surface area contributed by atoms with Crippen molar-refractivity contribution in [3.8, 4) is 0 Å². The molecule has 0 heterocycles. The summed E-state index contributed by atoms with van der Waals surface area (Å²) in [5.74, 6) is -1.88. The Morgan fingerprint density at radius 2 is 2.00 bits per heavy atom. The third kappa shape index (κ3) is 4.46. The minimum Gasteiger partial charge on any atom is -0.481 e. The highest BCUT2D eigenvalue weighted by Crippen LogP contribution is 2.25. The lowest BCUT2D eigenvalue weighted by molar-refractivity contribution is -0.144. The maximum atomic E-state index is 13.4. The van der Waals surface area contributed by atoms with Gasteiger partial charge in [0.1, 0.15) is 5.82 Å². The number of carboxylic acid groups (broad SMARTS) is 1. The maximum absolute atomic E-state index is 13.4. The summed E-state index contributed by atoms with van der Waals surface area (Å²) in [7, 11) is 0. The van der Waals surface area contributed by atoms with E-state index in [4.69, 9.17) is 5.11 Å². The molecule has 1 saturated carbocycles. The van der Waals surface area contributed by atoms with Gasteiger partial charge in [-0.25, -0.2) is 4.39 Å². The zero-order valence-corrected chi connectivity index (χ0v) is 12.4. The molecular formula is C15H18FNO3S. The van der Waals surface area contributed by atoms with Crippen molar-refractivity contribution in [1.82, 2.24) is 5.32 Å². The quantitative estimate of drug-likeness (QED) is 0.821. The highest BCUT2D eigenvalue weighted by Gasteiger charge is 2.31. The SMILES string of the molecule is O=C(CSc1ccccc1F)N[C@@H]1CCCC[C@H]1C(=O)O. The van der Waals surface area contributed by atoms with Gasteiger partial charge >= 0.3 is 5.97 Å². The monoisotopic (exact) mass is 311 g/mol. The van der Waals surface area contributed by atoms with E-state index in [0.717, 1.165) is 24.6 Å². The molecule has 0 saturated heterocycles. The fourth-order valence-electron chi connectivity index (χ4n) is 2.55. The molecule has 0 aliphatic heterocycles. The topological polar surface area (TPSA) is 66.4 Å². The van der Waals surface area contributed by atoms with Crippen LogP contribution in [-0.4, -0.2) is 28.8 Å². The van der Waals surface area contributed by atoms with E-state index in [-0.39, 0.29) is 23.5 Å². The molecule has 1 amide bonds. The smallest absolute Gasteiger partial charge is 0.308 e. The lowest BCUT2D eigenvalue weighted by Gasteiger charge is -2.29. The van der Waals surface area contributed by atoms with E-state index in [1.54, 1.807) is 18.2 Å². The summed E-state index contributed by atoms with van der Waals surface area (Å²) in [5.41, 5.74) is 0. The number of amides is 1. The Balaban J connectivity index is 1.86. The Bertz CT molecular complexity index is 523. The second kappa shape index (κ2) is 7.45. The molecule has 1 aromatic carbocycles. The van der Waals surface area contributed by atoms with Gasteiger partial charge in [-0.1, -0.05) is 25.0 Å². The lowest BCUT2D eigenvalue weighted by Crippen LogP contribution is -2.45. The molecular weight excluding hydrogens is 293 g/mol. The van der Waals surface area contributed by atoms with Gasteiger partial charge in [-0.15, -0.1) is 11.8 Å². The summed E-state index contributed by atoms with van der Waals surface area (Å²) in [6.07, 6.45) is 3.09. The average Bonchev–Trinajstić information content (AvgIpc) is 2.47. The molecule has 21 heavy (non-hydrogen) atoms. The molecule has 0 aromatic heterocycles. The molecule has 1 fully saturated rings. The van der Waals surface area contributed by atoms with Crippen molar-refractivity contribution in [3.63, 3.8) is 0 Å². The molecule has 2 atom stereocenters. The number of carbonyl (C=O) groups is 2. The van der Waals surface area contributed by atoms with E-state index in [0.29, 0.717) is 17.7 Å². The summed E-state index contributed by atoms with van der Waals surface area (Å²) in [4.78, 5) is 23.5. The number of nitrogens with one attached hydrogen (secondary N) is 1. The lowest BCUT2D eigenvalue weighted by atomic mass is 9.84. The van der Waals surface area contributed by atoms with E-state index in [2.05, 4.69) is 5.32 Å². The van der Waals surface area contributed by atoms with E-state index in [9.17, 15) is 14.0 Å². The summed E-state index contributed by atoms with van der Waals surface area (Å²) < 4.78 is 13.4. The van der Waals surface area contributed by atoms with Gasteiger partial charge < -0.3 is 10.4 Å². The number of hydrogen-bond donors (Lipinski definition) is 2. The normalized spacial score (nSPS) is 21.8. The number of carbonyl (C=O) groups excluding carboxylic acids is 1. The Morgan fingerprint density at radius 1 is 1.29 bits per heavy atom. The van der Waals surface area contributed by atoms with E-state index >= 15 is 0 Å². The molecule has 2 N–H and O–H groups in total. The van der Waals surface area contributed by atoms with Crippen LogP contribution in [0, 0.1) is 11.7 Å². The van der Waals surface area contributed by atoms with Crippen LogP contribution in [0.3, 0.4) is 0 Å². The highest BCUT2D eigenvalue weighted by atomic mass is 32.2. The molecule has 114 valence electrons. The number of rotatable bonds is 5. The summed E-state index contributed by atoms with van der Waals surface area (Å²) in [5, 5.41) is 11.9. The largest absolute Gasteiger partial charge is 0.481 e. The third-order valence-electron chi connectivity index (χ3n) is 3.62. The van der Waals surface area contributed by atoms with Crippen molar-refractivity contribution in [1.29, 1.82) is 0 Å². The summed E-state index contributed by atoms with van der Waals surface area (Å²) >= 11 is 1.12. The molecule has 1 aliphatic carbocycles. The molecule has 2 rings (SSSR count). The first-order chi connectivity index (χ1) is 10.1. The van der Waals surface area contributed by atoms with Crippen LogP contribution in [0.1, 0.15) is 25.7 Å². The Kier molecular flexibility index (Phi) is 5.61. The molecule has 0 unspecified atom stereocenters. The van der Waals surface area contributed by atoms with Crippen LogP contribution in [0.5, 0.6) is 0 Å². The second-order valence-electron chi connectivity index (χ2n) is 5.12. The van der Waals surface area contributed by atoms with Crippen LogP contribution in [-0.2, 0) is 9.59 Å². The first kappa shape index (κ1) is 15.8. The van der Waals surface area contributed by atoms with Crippen LogP contribution in [0.4, 0.5) is 4.39 Å².